The molecule has 0 amide bonds. The number of aromatic nitrogens is 6. The summed E-state index contributed by atoms with van der Waals surface area (Å²) in [5.41, 5.74) is 11.0. The largest absolute Gasteiger partial charge is 0.325 e. The molecule has 28 heavy (non-hydrogen) atoms. The van der Waals surface area contributed by atoms with Gasteiger partial charge in [0, 0.05) is 30.1 Å². The van der Waals surface area contributed by atoms with Crippen LogP contribution in [0.15, 0.2) is 52.0 Å². The molecule has 138 valence electrons. The van der Waals surface area contributed by atoms with Gasteiger partial charge in [-0.05, 0) is 34.1 Å². The van der Waals surface area contributed by atoms with Crippen molar-refractivity contribution in [3.8, 4) is 22.4 Å². The summed E-state index contributed by atoms with van der Waals surface area (Å²) in [5.74, 6) is 0. The highest BCUT2D eigenvalue weighted by atomic mass is 16.6. The van der Waals surface area contributed by atoms with E-state index in [0.29, 0.717) is 22.1 Å². The molecule has 3 aromatic heterocycles. The Labute approximate surface area is 157 Å². The lowest BCUT2D eigenvalue weighted by molar-refractivity contribution is 0.315. The number of aromatic amines is 1. The SMILES string of the molecule is Cn1ncc(-c2ccc3c(=O)[nH]nc(CN)c3c2)c1-c1cccc2nonc12. The summed E-state index contributed by atoms with van der Waals surface area (Å²) < 4.78 is 6.68. The zero-order chi connectivity index (χ0) is 19.3. The fourth-order valence-corrected chi connectivity index (χ4v) is 3.51. The van der Waals surface area contributed by atoms with E-state index in [1.54, 1.807) is 16.9 Å². The standard InChI is InChI=1S/C19H15N7O2/c1-26-18(12-3-2-4-15-17(12)25-28-24-15)14(9-21-26)10-5-6-11-13(7-10)16(8-20)22-23-19(11)27/h2-7,9H,8,20H2,1H3,(H,23,27). The lowest BCUT2D eigenvalue weighted by atomic mass is 9.98. The van der Waals surface area contributed by atoms with Gasteiger partial charge in [-0.2, -0.15) is 10.2 Å². The normalized spacial score (nSPS) is 11.5. The van der Waals surface area contributed by atoms with Crippen LogP contribution in [0.1, 0.15) is 5.69 Å². The molecule has 0 atom stereocenters. The topological polar surface area (TPSA) is 129 Å². The third-order valence-electron chi connectivity index (χ3n) is 4.85. The van der Waals surface area contributed by atoms with Crippen molar-refractivity contribution in [3.63, 3.8) is 0 Å². The molecule has 0 unspecified atom stereocenters. The Morgan fingerprint density at radius 2 is 2.04 bits per heavy atom. The second-order valence-corrected chi connectivity index (χ2v) is 6.43. The summed E-state index contributed by atoms with van der Waals surface area (Å²) >= 11 is 0. The fraction of sp³-hybridized carbons (Fsp3) is 0.105. The summed E-state index contributed by atoms with van der Waals surface area (Å²) in [7, 11) is 1.86. The number of rotatable bonds is 3. The van der Waals surface area contributed by atoms with Crippen molar-refractivity contribution in [2.45, 2.75) is 6.54 Å². The van der Waals surface area contributed by atoms with Gasteiger partial charge in [-0.3, -0.25) is 9.48 Å². The number of nitrogens with one attached hydrogen (secondary N) is 1. The van der Waals surface area contributed by atoms with E-state index in [1.165, 1.54) is 0 Å². The zero-order valence-electron chi connectivity index (χ0n) is 14.9. The van der Waals surface area contributed by atoms with Gasteiger partial charge in [0.15, 0.2) is 0 Å². The maximum atomic E-state index is 12.1. The molecule has 3 heterocycles. The van der Waals surface area contributed by atoms with Crippen LogP contribution in [0.2, 0.25) is 0 Å². The minimum atomic E-state index is -0.247. The number of benzene rings is 2. The first-order valence-corrected chi connectivity index (χ1v) is 8.63. The third-order valence-corrected chi connectivity index (χ3v) is 4.85. The molecular weight excluding hydrogens is 358 g/mol. The molecule has 9 nitrogen and oxygen atoms in total. The van der Waals surface area contributed by atoms with Gasteiger partial charge < -0.3 is 5.73 Å². The fourth-order valence-electron chi connectivity index (χ4n) is 3.51. The van der Waals surface area contributed by atoms with Crippen LogP contribution in [0.5, 0.6) is 0 Å². The number of nitrogens with two attached hydrogens (primary N) is 1. The first-order chi connectivity index (χ1) is 13.7. The van der Waals surface area contributed by atoms with Crippen molar-refractivity contribution in [1.29, 1.82) is 0 Å². The molecule has 9 heteroatoms. The van der Waals surface area contributed by atoms with Crippen LogP contribution in [0, 0.1) is 0 Å². The van der Waals surface area contributed by atoms with Crippen LogP contribution >= 0.6 is 0 Å². The van der Waals surface area contributed by atoms with Gasteiger partial charge >= 0.3 is 0 Å². The van der Waals surface area contributed by atoms with Gasteiger partial charge in [0.2, 0.25) is 0 Å². The van der Waals surface area contributed by atoms with Gasteiger partial charge in [-0.15, -0.1) is 0 Å². The van der Waals surface area contributed by atoms with Gasteiger partial charge in [0.1, 0.15) is 11.0 Å². The number of hydrogen-bond acceptors (Lipinski definition) is 7. The Hall–Kier alpha value is -3.85. The molecule has 0 aliphatic carbocycles. The van der Waals surface area contributed by atoms with Crippen molar-refractivity contribution in [2.75, 3.05) is 0 Å². The van der Waals surface area contributed by atoms with E-state index in [2.05, 4.69) is 25.6 Å². The summed E-state index contributed by atoms with van der Waals surface area (Å²) in [6, 6.07) is 11.3. The summed E-state index contributed by atoms with van der Waals surface area (Å²) in [5, 5.41) is 20.2. The minimum absolute atomic E-state index is 0.223. The summed E-state index contributed by atoms with van der Waals surface area (Å²) in [6.45, 7) is 0.223. The molecular formula is C19H15N7O2. The lowest BCUT2D eigenvalue weighted by Gasteiger charge is -2.09. The molecule has 0 bridgehead atoms. The van der Waals surface area contributed by atoms with E-state index in [-0.39, 0.29) is 12.1 Å². The molecule has 0 aliphatic heterocycles. The Balaban J connectivity index is 1.78. The van der Waals surface area contributed by atoms with E-state index in [9.17, 15) is 4.79 Å². The smallest absolute Gasteiger partial charge is 0.272 e. The van der Waals surface area contributed by atoms with E-state index in [1.807, 2.05) is 37.4 Å². The van der Waals surface area contributed by atoms with Gasteiger partial charge in [0.25, 0.3) is 5.56 Å². The Morgan fingerprint density at radius 3 is 2.89 bits per heavy atom. The van der Waals surface area contributed by atoms with E-state index in [0.717, 1.165) is 27.8 Å². The Bertz CT molecular complexity index is 1400. The van der Waals surface area contributed by atoms with Crippen LogP contribution in [0.3, 0.4) is 0 Å². The molecule has 0 radical (unpaired) electrons. The highest BCUT2D eigenvalue weighted by Crippen LogP contribution is 2.35. The first-order valence-electron chi connectivity index (χ1n) is 8.63. The predicted octanol–water partition coefficient (Wildman–Crippen LogP) is 1.99. The van der Waals surface area contributed by atoms with Crippen LogP contribution in [0.4, 0.5) is 0 Å². The molecule has 5 rings (SSSR count). The van der Waals surface area contributed by atoms with Crippen LogP contribution in [0.25, 0.3) is 44.2 Å². The molecule has 0 fully saturated rings. The molecule has 5 aromatic rings. The Morgan fingerprint density at radius 1 is 1.14 bits per heavy atom. The van der Waals surface area contributed by atoms with Gasteiger partial charge in [-0.25, -0.2) is 9.73 Å². The van der Waals surface area contributed by atoms with Crippen LogP contribution < -0.4 is 11.3 Å². The molecule has 0 saturated carbocycles. The summed E-state index contributed by atoms with van der Waals surface area (Å²) in [6.07, 6.45) is 1.78. The highest BCUT2D eigenvalue weighted by molar-refractivity contribution is 5.96. The third kappa shape index (κ3) is 2.33. The van der Waals surface area contributed by atoms with Crippen LogP contribution in [-0.4, -0.2) is 30.3 Å². The van der Waals surface area contributed by atoms with Crippen molar-refractivity contribution < 1.29 is 4.63 Å². The van der Waals surface area contributed by atoms with Crippen molar-refractivity contribution in [1.82, 2.24) is 30.3 Å². The predicted molar refractivity (Wildman–Crippen MR) is 103 cm³/mol. The summed E-state index contributed by atoms with van der Waals surface area (Å²) in [4.78, 5) is 12.1. The molecule has 0 spiro atoms. The highest BCUT2D eigenvalue weighted by Gasteiger charge is 2.18. The van der Waals surface area contributed by atoms with Gasteiger partial charge in [-0.1, -0.05) is 18.2 Å². The molecule has 3 N–H and O–H groups in total. The Kier molecular flexibility index (Phi) is 3.56. The van der Waals surface area contributed by atoms with E-state index >= 15 is 0 Å². The van der Waals surface area contributed by atoms with Crippen LogP contribution in [-0.2, 0) is 13.6 Å². The number of fused-ring (bicyclic) bond motifs is 2. The zero-order valence-corrected chi connectivity index (χ0v) is 14.9. The lowest BCUT2D eigenvalue weighted by Crippen LogP contribution is -2.13. The number of aryl methyl sites for hydroxylation is 1. The number of nitrogens with zero attached hydrogens (tertiary/aromatic N) is 5. The average molecular weight is 373 g/mol. The number of hydrogen-bond donors (Lipinski definition) is 2. The average Bonchev–Trinajstić information content (AvgIpc) is 3.34. The van der Waals surface area contributed by atoms with Crippen molar-refractivity contribution in [2.24, 2.45) is 12.8 Å². The monoisotopic (exact) mass is 373 g/mol. The second kappa shape index (κ2) is 6.10. The quantitative estimate of drug-likeness (QED) is 0.495. The van der Waals surface area contributed by atoms with Crippen molar-refractivity contribution in [3.05, 3.63) is 58.6 Å². The molecule has 0 saturated heterocycles. The maximum absolute atomic E-state index is 12.1. The van der Waals surface area contributed by atoms with E-state index in [4.69, 9.17) is 10.4 Å². The second-order valence-electron chi connectivity index (χ2n) is 6.43. The maximum Gasteiger partial charge on any atom is 0.272 e. The number of H-pyrrole nitrogens is 1. The molecule has 2 aromatic carbocycles. The van der Waals surface area contributed by atoms with Crippen molar-refractivity contribution >= 4 is 21.8 Å². The first kappa shape index (κ1) is 16.3. The molecule has 0 aliphatic rings. The van der Waals surface area contributed by atoms with Gasteiger partial charge in [0.05, 0.1) is 23.0 Å². The minimum Gasteiger partial charge on any atom is -0.325 e. The van der Waals surface area contributed by atoms with E-state index < -0.39 is 0 Å².